The molecule has 0 fully saturated rings. The Hall–Kier alpha value is -1.13. The van der Waals surface area contributed by atoms with E-state index < -0.39 is 6.41 Å². The van der Waals surface area contributed by atoms with Gasteiger partial charge in [-0.15, -0.1) is 0 Å². The van der Waals surface area contributed by atoms with Crippen LogP contribution in [0.1, 0.15) is 0 Å². The van der Waals surface area contributed by atoms with Crippen molar-refractivity contribution in [1.29, 1.82) is 0 Å². The predicted molar refractivity (Wildman–Crippen MR) is 45.7 cm³/mol. The van der Waals surface area contributed by atoms with Gasteiger partial charge in [0.15, 0.2) is 0 Å². The van der Waals surface area contributed by atoms with E-state index in [0.717, 1.165) is 5.69 Å². The van der Waals surface area contributed by atoms with E-state index in [1.54, 1.807) is 26.6 Å². The van der Waals surface area contributed by atoms with Crippen molar-refractivity contribution in [1.82, 2.24) is 4.98 Å². The smallest absolute Gasteiger partial charge is 0.237 e. The highest BCUT2D eigenvalue weighted by Gasteiger charge is 2.02. The number of rotatable bonds is 4. The molecule has 0 aliphatic carbocycles. The van der Waals surface area contributed by atoms with Gasteiger partial charge in [-0.1, -0.05) is 0 Å². The average molecular weight is 168 g/mol. The number of aromatic nitrogens is 1. The van der Waals surface area contributed by atoms with Crippen molar-refractivity contribution >= 4 is 5.69 Å². The molecule has 4 nitrogen and oxygen atoms in total. The lowest BCUT2D eigenvalue weighted by Crippen LogP contribution is -2.23. The molecule has 66 valence electrons. The molecular formula is C8H12N2O2. The van der Waals surface area contributed by atoms with Crippen molar-refractivity contribution in [3.63, 3.8) is 0 Å². The predicted octanol–water partition coefficient (Wildman–Crippen LogP) is 1.07. The molecule has 0 saturated carbocycles. The van der Waals surface area contributed by atoms with E-state index in [4.69, 9.17) is 9.47 Å². The van der Waals surface area contributed by atoms with Gasteiger partial charge in [0.25, 0.3) is 0 Å². The molecule has 0 aromatic carbocycles. The summed E-state index contributed by atoms with van der Waals surface area (Å²) in [6, 6.07) is 3.72. The highest BCUT2D eigenvalue weighted by Crippen LogP contribution is 2.05. The van der Waals surface area contributed by atoms with E-state index in [0.29, 0.717) is 0 Å². The molecule has 1 aromatic heterocycles. The number of nitrogens with zero attached hydrogens (tertiary/aromatic N) is 1. The van der Waals surface area contributed by atoms with Crippen molar-refractivity contribution in [3.8, 4) is 0 Å². The molecule has 0 unspecified atom stereocenters. The number of nitrogens with one attached hydrogen (secondary N) is 1. The van der Waals surface area contributed by atoms with E-state index in [1.165, 1.54) is 0 Å². The van der Waals surface area contributed by atoms with Gasteiger partial charge in [-0.3, -0.25) is 4.98 Å². The standard InChI is InChI=1S/C8H12N2O2/c1-11-8(12-2)10-7-4-3-5-9-6-7/h3-6,8,10H,1-2H3. The Balaban J connectivity index is 2.51. The Kier molecular flexibility index (Phi) is 3.50. The van der Waals surface area contributed by atoms with Gasteiger partial charge < -0.3 is 14.8 Å². The highest BCUT2D eigenvalue weighted by molar-refractivity contribution is 5.39. The Morgan fingerprint density at radius 1 is 1.42 bits per heavy atom. The zero-order valence-corrected chi connectivity index (χ0v) is 7.15. The van der Waals surface area contributed by atoms with E-state index in [-0.39, 0.29) is 0 Å². The Morgan fingerprint density at radius 2 is 2.17 bits per heavy atom. The summed E-state index contributed by atoms with van der Waals surface area (Å²) in [6.45, 7) is 0. The second-order valence-corrected chi connectivity index (χ2v) is 2.19. The molecule has 0 amide bonds. The van der Waals surface area contributed by atoms with E-state index in [9.17, 15) is 0 Å². The number of hydrogen-bond donors (Lipinski definition) is 1. The summed E-state index contributed by atoms with van der Waals surface area (Å²) in [4.78, 5) is 3.93. The molecule has 0 radical (unpaired) electrons. The third-order valence-corrected chi connectivity index (χ3v) is 1.37. The highest BCUT2D eigenvalue weighted by atomic mass is 16.7. The summed E-state index contributed by atoms with van der Waals surface area (Å²) in [7, 11) is 3.13. The average Bonchev–Trinajstić information content (AvgIpc) is 2.16. The largest absolute Gasteiger partial charge is 0.339 e. The van der Waals surface area contributed by atoms with Crippen LogP contribution in [-0.4, -0.2) is 25.6 Å². The number of methoxy groups -OCH3 is 2. The lowest BCUT2D eigenvalue weighted by molar-refractivity contribution is -0.0808. The fourth-order valence-electron chi connectivity index (χ4n) is 0.798. The van der Waals surface area contributed by atoms with Crippen molar-refractivity contribution in [2.75, 3.05) is 19.5 Å². The maximum atomic E-state index is 4.94. The SMILES string of the molecule is COC(Nc1cccnc1)OC. The first-order valence-corrected chi connectivity index (χ1v) is 3.59. The first-order chi connectivity index (χ1) is 5.86. The Bertz CT molecular complexity index is 212. The van der Waals surface area contributed by atoms with Crippen molar-refractivity contribution in [3.05, 3.63) is 24.5 Å². The minimum atomic E-state index is -0.422. The van der Waals surface area contributed by atoms with Gasteiger partial charge in [-0.05, 0) is 12.1 Å². The summed E-state index contributed by atoms with van der Waals surface area (Å²) in [6.07, 6.45) is 2.99. The normalized spacial score (nSPS) is 10.2. The quantitative estimate of drug-likeness (QED) is 0.683. The molecule has 1 aromatic rings. The van der Waals surface area contributed by atoms with Crippen molar-refractivity contribution in [2.24, 2.45) is 0 Å². The fourth-order valence-corrected chi connectivity index (χ4v) is 0.798. The Labute approximate surface area is 71.5 Å². The maximum absolute atomic E-state index is 4.94. The molecule has 1 N–H and O–H groups in total. The number of pyridine rings is 1. The van der Waals surface area contributed by atoms with Crippen LogP contribution in [0.25, 0.3) is 0 Å². The molecule has 1 heterocycles. The number of ether oxygens (including phenoxy) is 2. The summed E-state index contributed by atoms with van der Waals surface area (Å²) in [5.41, 5.74) is 0.867. The van der Waals surface area contributed by atoms with Gasteiger partial charge in [0, 0.05) is 20.4 Å². The lowest BCUT2D eigenvalue weighted by Gasteiger charge is -2.15. The van der Waals surface area contributed by atoms with Crippen LogP contribution in [0.5, 0.6) is 0 Å². The van der Waals surface area contributed by atoms with Crippen LogP contribution in [0.2, 0.25) is 0 Å². The van der Waals surface area contributed by atoms with Crippen LogP contribution in [0, 0.1) is 0 Å². The van der Waals surface area contributed by atoms with E-state index >= 15 is 0 Å². The molecule has 1 rings (SSSR count). The minimum Gasteiger partial charge on any atom is -0.339 e. The zero-order valence-electron chi connectivity index (χ0n) is 7.15. The first kappa shape index (κ1) is 8.96. The number of anilines is 1. The van der Waals surface area contributed by atoms with Crippen LogP contribution >= 0.6 is 0 Å². The van der Waals surface area contributed by atoms with Gasteiger partial charge in [0.05, 0.1) is 11.9 Å². The molecule has 0 bridgehead atoms. The summed E-state index contributed by atoms with van der Waals surface area (Å²) in [5, 5.41) is 2.97. The molecule has 0 aliphatic rings. The van der Waals surface area contributed by atoms with Gasteiger partial charge in [0.1, 0.15) is 0 Å². The molecular weight excluding hydrogens is 156 g/mol. The number of hydrogen-bond acceptors (Lipinski definition) is 4. The van der Waals surface area contributed by atoms with E-state index in [1.807, 2.05) is 12.1 Å². The van der Waals surface area contributed by atoms with Crippen molar-refractivity contribution in [2.45, 2.75) is 6.41 Å². The van der Waals surface area contributed by atoms with Gasteiger partial charge in [0.2, 0.25) is 6.41 Å². The minimum absolute atomic E-state index is 0.422. The van der Waals surface area contributed by atoms with Crippen LogP contribution in [0.3, 0.4) is 0 Å². The molecule has 0 spiro atoms. The maximum Gasteiger partial charge on any atom is 0.237 e. The first-order valence-electron chi connectivity index (χ1n) is 3.59. The third-order valence-electron chi connectivity index (χ3n) is 1.37. The summed E-state index contributed by atoms with van der Waals surface area (Å²) in [5.74, 6) is 0. The molecule has 0 aliphatic heterocycles. The Morgan fingerprint density at radius 3 is 2.67 bits per heavy atom. The van der Waals surface area contributed by atoms with Crippen molar-refractivity contribution < 1.29 is 9.47 Å². The van der Waals surface area contributed by atoms with E-state index in [2.05, 4.69) is 10.3 Å². The van der Waals surface area contributed by atoms with Crippen LogP contribution in [0.4, 0.5) is 5.69 Å². The monoisotopic (exact) mass is 168 g/mol. The second kappa shape index (κ2) is 4.69. The van der Waals surface area contributed by atoms with Crippen LogP contribution in [-0.2, 0) is 9.47 Å². The summed E-state index contributed by atoms with van der Waals surface area (Å²) >= 11 is 0. The second-order valence-electron chi connectivity index (χ2n) is 2.19. The summed E-state index contributed by atoms with van der Waals surface area (Å²) < 4.78 is 9.88. The fraction of sp³-hybridized carbons (Fsp3) is 0.375. The van der Waals surface area contributed by atoms with Gasteiger partial charge in [-0.25, -0.2) is 0 Å². The van der Waals surface area contributed by atoms with Gasteiger partial charge >= 0.3 is 0 Å². The van der Waals surface area contributed by atoms with Crippen LogP contribution < -0.4 is 5.32 Å². The molecule has 12 heavy (non-hydrogen) atoms. The molecule has 4 heteroatoms. The topological polar surface area (TPSA) is 43.4 Å². The zero-order chi connectivity index (χ0) is 8.81. The molecule has 0 saturated heterocycles. The van der Waals surface area contributed by atoms with Gasteiger partial charge in [-0.2, -0.15) is 0 Å². The van der Waals surface area contributed by atoms with Crippen LogP contribution in [0.15, 0.2) is 24.5 Å². The third kappa shape index (κ3) is 2.48. The molecule has 0 atom stereocenters. The lowest BCUT2D eigenvalue weighted by atomic mass is 10.4.